The van der Waals surface area contributed by atoms with Crippen LogP contribution in [0.2, 0.25) is 25.7 Å². The number of aromatic carboxylic acids is 1. The van der Waals surface area contributed by atoms with Crippen molar-refractivity contribution in [3.8, 4) is 0 Å². The van der Waals surface area contributed by atoms with Crippen LogP contribution in [0.5, 0.6) is 0 Å². The van der Waals surface area contributed by atoms with Gasteiger partial charge < -0.3 is 9.84 Å². The van der Waals surface area contributed by atoms with Crippen molar-refractivity contribution in [3.63, 3.8) is 0 Å². The van der Waals surface area contributed by atoms with Crippen molar-refractivity contribution in [2.75, 3.05) is 6.61 Å². The van der Waals surface area contributed by atoms with Gasteiger partial charge in [0.1, 0.15) is 6.73 Å². The molecule has 0 unspecified atom stereocenters. The van der Waals surface area contributed by atoms with Crippen LogP contribution in [0.3, 0.4) is 0 Å². The maximum Gasteiger partial charge on any atom is 0.335 e. The van der Waals surface area contributed by atoms with E-state index in [2.05, 4.69) is 24.7 Å². The summed E-state index contributed by atoms with van der Waals surface area (Å²) in [5, 5.41) is 14.2. The molecule has 2 rings (SSSR count). The maximum atomic E-state index is 10.9. The van der Waals surface area contributed by atoms with Crippen LogP contribution >= 0.6 is 0 Å². The molecule has 1 aromatic carbocycles. The maximum absolute atomic E-state index is 10.9. The van der Waals surface area contributed by atoms with Gasteiger partial charge in [0.05, 0.1) is 11.1 Å². The minimum atomic E-state index is -1.07. The number of hydrogen-bond acceptors (Lipinski definition) is 3. The predicted octanol–water partition coefficient (Wildman–Crippen LogP) is 3.05. The lowest BCUT2D eigenvalue weighted by Crippen LogP contribution is -2.22. The molecular formula is C14H20N2O3Si. The first kappa shape index (κ1) is 14.7. The van der Waals surface area contributed by atoms with E-state index >= 15 is 0 Å². The van der Waals surface area contributed by atoms with Gasteiger partial charge in [-0.2, -0.15) is 5.10 Å². The smallest absolute Gasteiger partial charge is 0.335 e. The number of benzene rings is 1. The lowest BCUT2D eigenvalue weighted by molar-refractivity contribution is 0.0697. The molecule has 108 valence electrons. The van der Waals surface area contributed by atoms with Crippen LogP contribution in [0.1, 0.15) is 10.4 Å². The monoisotopic (exact) mass is 292 g/mol. The second kappa shape index (κ2) is 5.76. The third kappa shape index (κ3) is 3.91. The summed E-state index contributed by atoms with van der Waals surface area (Å²) in [5.74, 6) is -0.937. The molecular weight excluding hydrogens is 272 g/mol. The normalized spacial score (nSPS) is 11.9. The summed E-state index contributed by atoms with van der Waals surface area (Å²) in [6.07, 6.45) is 1.87. The average Bonchev–Trinajstić information content (AvgIpc) is 2.75. The van der Waals surface area contributed by atoms with Crippen LogP contribution in [0, 0.1) is 0 Å². The van der Waals surface area contributed by atoms with Gasteiger partial charge in [0.25, 0.3) is 0 Å². The zero-order valence-corrected chi connectivity index (χ0v) is 13.1. The summed E-state index contributed by atoms with van der Waals surface area (Å²) in [4.78, 5) is 10.9. The van der Waals surface area contributed by atoms with Crippen molar-refractivity contribution < 1.29 is 14.6 Å². The van der Waals surface area contributed by atoms with Crippen LogP contribution in [-0.2, 0) is 11.5 Å². The molecule has 0 saturated carbocycles. The average molecular weight is 292 g/mol. The number of carboxylic acids is 1. The van der Waals surface area contributed by atoms with Gasteiger partial charge >= 0.3 is 5.97 Å². The Bertz CT molecular complexity index is 616. The van der Waals surface area contributed by atoms with E-state index in [0.717, 1.165) is 18.0 Å². The lowest BCUT2D eigenvalue weighted by Gasteiger charge is -2.15. The minimum Gasteiger partial charge on any atom is -0.478 e. The Kier molecular flexibility index (Phi) is 4.25. The quantitative estimate of drug-likeness (QED) is 0.656. The summed E-state index contributed by atoms with van der Waals surface area (Å²) in [7, 11) is -1.07. The molecule has 0 atom stereocenters. The molecule has 6 heteroatoms. The molecule has 0 aliphatic heterocycles. The van der Waals surface area contributed by atoms with Gasteiger partial charge in [0.2, 0.25) is 0 Å². The largest absolute Gasteiger partial charge is 0.478 e. The fraction of sp³-hybridized carbons (Fsp3) is 0.429. The van der Waals surface area contributed by atoms with Gasteiger partial charge in [-0.05, 0) is 18.2 Å². The van der Waals surface area contributed by atoms with Crippen molar-refractivity contribution in [2.45, 2.75) is 32.4 Å². The van der Waals surface area contributed by atoms with E-state index in [1.807, 2.05) is 6.20 Å². The number of ether oxygens (including phenoxy) is 1. The minimum absolute atomic E-state index is 0.252. The van der Waals surface area contributed by atoms with E-state index in [-0.39, 0.29) is 5.56 Å². The van der Waals surface area contributed by atoms with Crippen molar-refractivity contribution in [1.82, 2.24) is 9.78 Å². The number of hydrogen-bond donors (Lipinski definition) is 1. The van der Waals surface area contributed by atoms with Gasteiger partial charge in [-0.1, -0.05) is 25.7 Å². The second-order valence-corrected chi connectivity index (χ2v) is 11.7. The fourth-order valence-corrected chi connectivity index (χ4v) is 2.56. The highest BCUT2D eigenvalue weighted by Gasteiger charge is 2.12. The lowest BCUT2D eigenvalue weighted by atomic mass is 10.2. The number of carbonyl (C=O) groups is 1. The van der Waals surface area contributed by atoms with Crippen LogP contribution in [0.25, 0.3) is 10.9 Å². The molecule has 0 aliphatic rings. The van der Waals surface area contributed by atoms with E-state index < -0.39 is 14.0 Å². The number of aromatic nitrogens is 2. The molecule has 0 bridgehead atoms. The third-order valence-corrected chi connectivity index (χ3v) is 4.73. The van der Waals surface area contributed by atoms with E-state index in [4.69, 9.17) is 9.84 Å². The number of rotatable bonds is 6. The van der Waals surface area contributed by atoms with Crippen LogP contribution in [0.4, 0.5) is 0 Å². The first-order valence-corrected chi connectivity index (χ1v) is 10.3. The van der Waals surface area contributed by atoms with E-state index in [1.165, 1.54) is 0 Å². The van der Waals surface area contributed by atoms with Crippen molar-refractivity contribution in [3.05, 3.63) is 30.0 Å². The molecule has 1 N–H and O–H groups in total. The van der Waals surface area contributed by atoms with Crippen LogP contribution in [0.15, 0.2) is 24.4 Å². The highest BCUT2D eigenvalue weighted by Crippen LogP contribution is 2.15. The molecule has 0 fully saturated rings. The molecule has 0 radical (unpaired) electrons. The Morgan fingerprint density at radius 3 is 2.80 bits per heavy atom. The Morgan fingerprint density at radius 1 is 1.40 bits per heavy atom. The van der Waals surface area contributed by atoms with E-state index in [0.29, 0.717) is 12.2 Å². The predicted molar refractivity (Wildman–Crippen MR) is 80.8 cm³/mol. The summed E-state index contributed by atoms with van der Waals surface area (Å²) in [6, 6.07) is 6.06. The molecule has 1 heterocycles. The molecule has 0 amide bonds. The molecule has 1 aromatic heterocycles. The standard InChI is InChI=1S/C14H20N2O3Si/c1-20(2,3)7-6-19-10-16-9-12-5-4-11(14(17)18)8-13(12)15-16/h4-5,8-9H,6-7,10H2,1-3H3,(H,17,18). The topological polar surface area (TPSA) is 64.3 Å². The van der Waals surface area contributed by atoms with Gasteiger partial charge in [0, 0.05) is 26.3 Å². The van der Waals surface area contributed by atoms with Crippen molar-refractivity contribution in [1.29, 1.82) is 0 Å². The Morgan fingerprint density at radius 2 is 2.15 bits per heavy atom. The van der Waals surface area contributed by atoms with Gasteiger partial charge in [-0.25, -0.2) is 9.48 Å². The van der Waals surface area contributed by atoms with Gasteiger partial charge in [-0.3, -0.25) is 0 Å². The molecule has 0 saturated heterocycles. The fourth-order valence-electron chi connectivity index (χ4n) is 1.80. The van der Waals surface area contributed by atoms with Crippen molar-refractivity contribution in [2.24, 2.45) is 0 Å². The van der Waals surface area contributed by atoms with Crippen molar-refractivity contribution >= 4 is 24.9 Å². The van der Waals surface area contributed by atoms with E-state index in [1.54, 1.807) is 22.9 Å². The van der Waals surface area contributed by atoms with Crippen LogP contribution < -0.4 is 0 Å². The number of fused-ring (bicyclic) bond motifs is 1. The highest BCUT2D eigenvalue weighted by molar-refractivity contribution is 6.76. The summed E-state index contributed by atoms with van der Waals surface area (Å²) < 4.78 is 7.33. The van der Waals surface area contributed by atoms with Gasteiger partial charge in [-0.15, -0.1) is 0 Å². The zero-order valence-electron chi connectivity index (χ0n) is 12.1. The van der Waals surface area contributed by atoms with Crippen LogP contribution in [-0.4, -0.2) is 35.5 Å². The first-order chi connectivity index (χ1) is 9.35. The zero-order chi connectivity index (χ0) is 14.8. The Balaban J connectivity index is 1.99. The molecule has 2 aromatic rings. The highest BCUT2D eigenvalue weighted by atomic mass is 28.3. The first-order valence-electron chi connectivity index (χ1n) is 6.63. The number of carboxylic acid groups (broad SMARTS) is 1. The summed E-state index contributed by atoms with van der Waals surface area (Å²) in [5.41, 5.74) is 0.932. The third-order valence-electron chi connectivity index (χ3n) is 3.02. The van der Waals surface area contributed by atoms with E-state index in [9.17, 15) is 4.79 Å². The molecule has 0 aliphatic carbocycles. The summed E-state index contributed by atoms with van der Waals surface area (Å²) in [6.45, 7) is 8.08. The molecule has 20 heavy (non-hydrogen) atoms. The SMILES string of the molecule is C[Si](C)(C)CCOCn1cc2ccc(C(=O)O)cc2n1. The second-order valence-electron chi connectivity index (χ2n) is 6.10. The molecule has 5 nitrogen and oxygen atoms in total. The Hall–Kier alpha value is -1.66. The number of nitrogens with zero attached hydrogens (tertiary/aromatic N) is 2. The Labute approximate surface area is 119 Å². The summed E-state index contributed by atoms with van der Waals surface area (Å²) >= 11 is 0. The molecule has 0 spiro atoms. The van der Waals surface area contributed by atoms with Gasteiger partial charge in [0.15, 0.2) is 0 Å².